The number of rotatable bonds is 4. The number of carbonyl (C=O) groups excluding carboxylic acids is 3. The zero-order chi connectivity index (χ0) is 31.1. The molecule has 0 aromatic heterocycles. The topological polar surface area (TPSA) is 94.7 Å². The standard InChI is InChI=1S/C16H22BrN3O3.C14H19BrN2O2/c1-16(2,3)23-15(22)18-11-14(21)20-10-6-9-19(20)13-8-5-4-7-12(13)17;1-14(2,3)19-13(18)17-10-6-9-16(17)12-8-5-4-7-11(12)15/h4-5,7-8H,6,9-11H2,1-3H3,(H,18,22);4-5,7-8H,6,9-10H2,1-3H3. The summed E-state index contributed by atoms with van der Waals surface area (Å²) in [5.74, 6) is -0.163. The molecule has 230 valence electrons. The number of alkyl carbamates (subject to hydrolysis) is 1. The lowest BCUT2D eigenvalue weighted by Crippen LogP contribution is -2.47. The van der Waals surface area contributed by atoms with Crippen LogP contribution in [0.4, 0.5) is 21.0 Å². The summed E-state index contributed by atoms with van der Waals surface area (Å²) >= 11 is 7.03. The molecule has 10 nitrogen and oxygen atoms in total. The van der Waals surface area contributed by atoms with Gasteiger partial charge < -0.3 is 14.8 Å². The predicted molar refractivity (Wildman–Crippen MR) is 171 cm³/mol. The summed E-state index contributed by atoms with van der Waals surface area (Å²) in [4.78, 5) is 36.3. The van der Waals surface area contributed by atoms with Crippen LogP contribution in [0.5, 0.6) is 0 Å². The molecular weight excluding hydrogens is 670 g/mol. The maximum absolute atomic E-state index is 12.4. The quantitative estimate of drug-likeness (QED) is 0.376. The lowest BCUT2D eigenvalue weighted by molar-refractivity contribution is -0.129. The van der Waals surface area contributed by atoms with E-state index in [2.05, 4.69) is 37.2 Å². The van der Waals surface area contributed by atoms with Crippen LogP contribution in [0.3, 0.4) is 0 Å². The molecule has 2 aromatic carbocycles. The van der Waals surface area contributed by atoms with Gasteiger partial charge in [-0.3, -0.25) is 19.8 Å². The Balaban J connectivity index is 0.000000235. The van der Waals surface area contributed by atoms with E-state index < -0.39 is 17.3 Å². The minimum atomic E-state index is -0.586. The van der Waals surface area contributed by atoms with Crippen molar-refractivity contribution in [2.75, 3.05) is 42.7 Å². The fourth-order valence-electron chi connectivity index (χ4n) is 4.36. The molecule has 2 aliphatic rings. The number of para-hydroxylation sites is 2. The summed E-state index contributed by atoms with van der Waals surface area (Å²) in [6.45, 7) is 13.8. The minimum Gasteiger partial charge on any atom is -0.444 e. The lowest BCUT2D eigenvalue weighted by Gasteiger charge is -2.32. The van der Waals surface area contributed by atoms with Gasteiger partial charge in [0.05, 0.1) is 11.4 Å². The molecule has 0 unspecified atom stereocenters. The molecule has 2 heterocycles. The molecule has 4 rings (SSSR count). The van der Waals surface area contributed by atoms with Crippen LogP contribution >= 0.6 is 31.9 Å². The second-order valence-electron chi connectivity index (χ2n) is 11.8. The van der Waals surface area contributed by atoms with Gasteiger partial charge in [-0.15, -0.1) is 0 Å². The van der Waals surface area contributed by atoms with Crippen LogP contribution in [0, 0.1) is 0 Å². The van der Waals surface area contributed by atoms with E-state index in [-0.39, 0.29) is 18.5 Å². The lowest BCUT2D eigenvalue weighted by atomic mass is 10.2. The summed E-state index contributed by atoms with van der Waals surface area (Å²) in [5.41, 5.74) is 0.877. The first-order chi connectivity index (χ1) is 19.7. The first kappa shape index (κ1) is 33.5. The first-order valence-electron chi connectivity index (χ1n) is 14.0. The highest BCUT2D eigenvalue weighted by molar-refractivity contribution is 9.11. The Morgan fingerprint density at radius 2 is 1.17 bits per heavy atom. The van der Waals surface area contributed by atoms with Gasteiger partial charge in [0.2, 0.25) is 0 Å². The SMILES string of the molecule is CC(C)(C)OC(=O)N1CCCN1c1ccccc1Br.CC(C)(C)OC(=O)NCC(=O)N1CCCN1c1ccccc1Br. The monoisotopic (exact) mass is 709 g/mol. The highest BCUT2D eigenvalue weighted by Crippen LogP contribution is 2.31. The third kappa shape index (κ3) is 9.79. The van der Waals surface area contributed by atoms with Crippen molar-refractivity contribution in [1.29, 1.82) is 0 Å². The molecule has 0 atom stereocenters. The second-order valence-corrected chi connectivity index (χ2v) is 13.5. The van der Waals surface area contributed by atoms with Crippen LogP contribution in [0.15, 0.2) is 57.5 Å². The van der Waals surface area contributed by atoms with Gasteiger partial charge in [-0.05, 0) is 111 Å². The number of anilines is 2. The Morgan fingerprint density at radius 3 is 1.64 bits per heavy atom. The van der Waals surface area contributed by atoms with Crippen molar-refractivity contribution in [3.05, 3.63) is 57.5 Å². The van der Waals surface area contributed by atoms with Gasteiger partial charge in [0.25, 0.3) is 5.91 Å². The molecule has 1 N–H and O–H groups in total. The highest BCUT2D eigenvalue weighted by atomic mass is 79.9. The Bertz CT molecular complexity index is 1250. The number of nitrogens with zero attached hydrogens (tertiary/aromatic N) is 4. The van der Waals surface area contributed by atoms with Gasteiger partial charge in [0.1, 0.15) is 17.7 Å². The number of amides is 3. The maximum Gasteiger partial charge on any atom is 0.429 e. The van der Waals surface area contributed by atoms with Gasteiger partial charge in [-0.25, -0.2) is 14.6 Å². The van der Waals surface area contributed by atoms with E-state index >= 15 is 0 Å². The number of halogens is 2. The highest BCUT2D eigenvalue weighted by Gasteiger charge is 2.32. The summed E-state index contributed by atoms with van der Waals surface area (Å²) in [5, 5.41) is 9.75. The van der Waals surface area contributed by atoms with Crippen LogP contribution < -0.4 is 15.3 Å². The Hall–Kier alpha value is -2.99. The third-order valence-electron chi connectivity index (χ3n) is 6.00. The number of ether oxygens (including phenoxy) is 2. The number of hydrazine groups is 2. The van der Waals surface area contributed by atoms with E-state index in [9.17, 15) is 14.4 Å². The molecule has 42 heavy (non-hydrogen) atoms. The number of nitrogens with one attached hydrogen (secondary N) is 1. The van der Waals surface area contributed by atoms with Crippen LogP contribution in [0.2, 0.25) is 0 Å². The summed E-state index contributed by atoms with van der Waals surface area (Å²) < 4.78 is 12.5. The minimum absolute atomic E-state index is 0.0874. The maximum atomic E-state index is 12.4. The van der Waals surface area contributed by atoms with Crippen molar-refractivity contribution in [3.8, 4) is 0 Å². The molecule has 2 aromatic rings. The number of carbonyl (C=O) groups is 3. The fourth-order valence-corrected chi connectivity index (χ4v) is 5.34. The zero-order valence-electron chi connectivity index (χ0n) is 25.2. The first-order valence-corrected chi connectivity index (χ1v) is 15.6. The smallest absolute Gasteiger partial charge is 0.429 e. The summed E-state index contributed by atoms with van der Waals surface area (Å²) in [6.07, 6.45) is 0.957. The molecule has 2 saturated heterocycles. The molecule has 0 aliphatic carbocycles. The van der Waals surface area contributed by atoms with Crippen LogP contribution in [0.25, 0.3) is 0 Å². The van der Waals surface area contributed by atoms with Crippen molar-refractivity contribution in [2.24, 2.45) is 0 Å². The van der Waals surface area contributed by atoms with Crippen molar-refractivity contribution in [3.63, 3.8) is 0 Å². The van der Waals surface area contributed by atoms with E-state index in [1.54, 1.807) is 30.8 Å². The molecule has 12 heteroatoms. The summed E-state index contributed by atoms with van der Waals surface area (Å²) in [6, 6.07) is 15.6. The molecule has 0 bridgehead atoms. The number of hydrogen-bond acceptors (Lipinski definition) is 7. The van der Waals surface area contributed by atoms with Crippen LogP contribution in [0.1, 0.15) is 54.4 Å². The zero-order valence-corrected chi connectivity index (χ0v) is 28.3. The molecule has 2 fully saturated rings. The van der Waals surface area contributed by atoms with Gasteiger partial charge in [0, 0.05) is 35.1 Å². The molecule has 2 aliphatic heterocycles. The van der Waals surface area contributed by atoms with Crippen molar-refractivity contribution in [2.45, 2.75) is 65.6 Å². The van der Waals surface area contributed by atoms with Crippen molar-refractivity contribution < 1.29 is 23.9 Å². The van der Waals surface area contributed by atoms with Gasteiger partial charge in [-0.2, -0.15) is 0 Å². The van der Waals surface area contributed by atoms with Crippen molar-refractivity contribution in [1.82, 2.24) is 15.3 Å². The van der Waals surface area contributed by atoms with Crippen LogP contribution in [-0.4, -0.2) is 72.0 Å². The Labute approximate surface area is 265 Å². The molecule has 3 amide bonds. The van der Waals surface area contributed by atoms with E-state index in [0.29, 0.717) is 13.1 Å². The van der Waals surface area contributed by atoms with Gasteiger partial charge in [0.15, 0.2) is 0 Å². The second kappa shape index (κ2) is 14.5. The van der Waals surface area contributed by atoms with E-state index in [1.807, 2.05) is 79.3 Å². The van der Waals surface area contributed by atoms with E-state index in [1.165, 1.54) is 0 Å². The van der Waals surface area contributed by atoms with Gasteiger partial charge >= 0.3 is 12.2 Å². The Kier molecular flexibility index (Phi) is 11.5. The molecular formula is C30H41Br2N5O5. The van der Waals surface area contributed by atoms with Crippen LogP contribution in [-0.2, 0) is 14.3 Å². The number of benzene rings is 2. The van der Waals surface area contributed by atoms with E-state index in [4.69, 9.17) is 9.47 Å². The molecule has 0 spiro atoms. The van der Waals surface area contributed by atoms with E-state index in [0.717, 1.165) is 46.3 Å². The largest absolute Gasteiger partial charge is 0.444 e. The average Bonchev–Trinajstić information content (AvgIpc) is 3.57. The Morgan fingerprint density at radius 1 is 0.714 bits per heavy atom. The third-order valence-corrected chi connectivity index (χ3v) is 7.34. The average molecular weight is 711 g/mol. The van der Waals surface area contributed by atoms with Crippen molar-refractivity contribution >= 4 is 61.3 Å². The molecule has 0 radical (unpaired) electrons. The predicted octanol–water partition coefficient (Wildman–Crippen LogP) is 6.74. The number of hydrogen-bond donors (Lipinski definition) is 1. The summed E-state index contributed by atoms with van der Waals surface area (Å²) in [7, 11) is 0. The fraction of sp³-hybridized carbons (Fsp3) is 0.500. The van der Waals surface area contributed by atoms with Gasteiger partial charge in [-0.1, -0.05) is 24.3 Å². The normalized spacial score (nSPS) is 15.2. The molecule has 0 saturated carbocycles.